The minimum absolute atomic E-state index is 0.0496. The maximum atomic E-state index is 12.4. The van der Waals surface area contributed by atoms with Crippen LogP contribution in [0.1, 0.15) is 13.8 Å². The third-order valence-electron chi connectivity index (χ3n) is 3.43. The van der Waals surface area contributed by atoms with Crippen molar-refractivity contribution >= 4 is 28.4 Å². The zero-order chi connectivity index (χ0) is 14.3. The number of nitrogens with zero attached hydrogens (tertiary/aromatic N) is 2. The van der Waals surface area contributed by atoms with Crippen LogP contribution in [0.3, 0.4) is 0 Å². The molecule has 0 atom stereocenters. The van der Waals surface area contributed by atoms with E-state index in [4.69, 9.17) is 0 Å². The van der Waals surface area contributed by atoms with Crippen molar-refractivity contribution in [1.29, 1.82) is 0 Å². The largest absolute Gasteiger partial charge is 0.341 e. The van der Waals surface area contributed by atoms with Crippen molar-refractivity contribution in [2.24, 2.45) is 0 Å². The average Bonchev–Trinajstić information content (AvgIpc) is 2.42. The summed E-state index contributed by atoms with van der Waals surface area (Å²) in [7, 11) is 0. The second-order valence-corrected chi connectivity index (χ2v) is 5.44. The lowest BCUT2D eigenvalue weighted by molar-refractivity contribution is -0.134. The van der Waals surface area contributed by atoms with Crippen molar-refractivity contribution in [3.63, 3.8) is 0 Å². The molecule has 5 nitrogen and oxygen atoms in total. The summed E-state index contributed by atoms with van der Waals surface area (Å²) in [5, 5.41) is 3.65. The van der Waals surface area contributed by atoms with Gasteiger partial charge in [0.05, 0.1) is 5.52 Å². The van der Waals surface area contributed by atoms with E-state index in [0.29, 0.717) is 0 Å². The summed E-state index contributed by atoms with van der Waals surface area (Å²) < 4.78 is 0. The Morgan fingerprint density at radius 2 is 2.05 bits per heavy atom. The maximum absolute atomic E-state index is 12.4. The topological polar surface area (TPSA) is 62.3 Å². The normalized spacial score (nSPS) is 18.2. The quantitative estimate of drug-likeness (QED) is 0.853. The predicted molar refractivity (Wildman–Crippen MR) is 76.3 cm³/mol. The first-order valence-electron chi connectivity index (χ1n) is 6.45. The van der Waals surface area contributed by atoms with Crippen molar-refractivity contribution in [2.45, 2.75) is 19.4 Å². The van der Waals surface area contributed by atoms with Gasteiger partial charge in [0, 0.05) is 17.3 Å². The Bertz CT molecular complexity index is 709. The molecule has 1 aromatic carbocycles. The summed E-state index contributed by atoms with van der Waals surface area (Å²) in [6.07, 6.45) is 1.73. The molecule has 0 aliphatic carbocycles. The van der Waals surface area contributed by atoms with E-state index in [1.54, 1.807) is 20.0 Å². The zero-order valence-corrected chi connectivity index (χ0v) is 11.4. The molecule has 102 valence electrons. The highest BCUT2D eigenvalue weighted by Crippen LogP contribution is 2.24. The van der Waals surface area contributed by atoms with Gasteiger partial charge < -0.3 is 10.2 Å². The van der Waals surface area contributed by atoms with Crippen LogP contribution in [-0.2, 0) is 9.59 Å². The fraction of sp³-hybridized carbons (Fsp3) is 0.267. The van der Waals surface area contributed by atoms with Crippen LogP contribution in [0.2, 0.25) is 0 Å². The van der Waals surface area contributed by atoms with Gasteiger partial charge in [0.2, 0.25) is 5.91 Å². The number of pyridine rings is 1. The van der Waals surface area contributed by atoms with E-state index < -0.39 is 5.54 Å². The van der Waals surface area contributed by atoms with Gasteiger partial charge in [-0.1, -0.05) is 6.07 Å². The number of aromatic nitrogens is 1. The smallest absolute Gasteiger partial charge is 0.252 e. The third kappa shape index (κ3) is 2.01. The second kappa shape index (κ2) is 4.30. The fourth-order valence-corrected chi connectivity index (χ4v) is 2.43. The van der Waals surface area contributed by atoms with Crippen LogP contribution in [-0.4, -0.2) is 28.9 Å². The highest BCUT2D eigenvalue weighted by atomic mass is 16.2. The number of piperazine rings is 1. The van der Waals surface area contributed by atoms with Gasteiger partial charge in [0.25, 0.3) is 5.91 Å². The first-order valence-corrected chi connectivity index (χ1v) is 6.45. The summed E-state index contributed by atoms with van der Waals surface area (Å²) in [4.78, 5) is 29.9. The number of anilines is 1. The molecule has 1 aliphatic rings. The summed E-state index contributed by atoms with van der Waals surface area (Å²) in [6, 6.07) is 9.35. The van der Waals surface area contributed by atoms with Gasteiger partial charge in [-0.25, -0.2) is 0 Å². The van der Waals surface area contributed by atoms with E-state index in [2.05, 4.69) is 10.3 Å². The molecule has 2 heterocycles. The Morgan fingerprint density at radius 1 is 1.25 bits per heavy atom. The number of carbonyl (C=O) groups is 2. The summed E-state index contributed by atoms with van der Waals surface area (Å²) in [5.74, 6) is -0.263. The number of carbonyl (C=O) groups excluding carboxylic acids is 2. The number of nitrogens with one attached hydrogen (secondary N) is 1. The third-order valence-corrected chi connectivity index (χ3v) is 3.43. The summed E-state index contributed by atoms with van der Waals surface area (Å²) in [5.41, 5.74) is 0.710. The van der Waals surface area contributed by atoms with Crippen molar-refractivity contribution in [3.8, 4) is 0 Å². The number of amides is 2. The van der Waals surface area contributed by atoms with Crippen molar-refractivity contribution in [3.05, 3.63) is 36.5 Å². The van der Waals surface area contributed by atoms with Crippen LogP contribution in [0.5, 0.6) is 0 Å². The molecule has 20 heavy (non-hydrogen) atoms. The molecule has 0 unspecified atom stereocenters. The molecule has 2 amide bonds. The molecule has 0 saturated carbocycles. The number of hydrogen-bond donors (Lipinski definition) is 1. The molecule has 1 N–H and O–H groups in total. The predicted octanol–water partition coefficient (Wildman–Crippen LogP) is 1.48. The molecular weight excluding hydrogens is 254 g/mol. The van der Waals surface area contributed by atoms with E-state index in [1.807, 2.05) is 30.3 Å². The van der Waals surface area contributed by atoms with Crippen molar-refractivity contribution in [2.75, 3.05) is 11.4 Å². The van der Waals surface area contributed by atoms with Gasteiger partial charge in [-0.05, 0) is 38.1 Å². The fourth-order valence-electron chi connectivity index (χ4n) is 2.43. The first kappa shape index (κ1) is 12.6. The van der Waals surface area contributed by atoms with Crippen molar-refractivity contribution < 1.29 is 9.59 Å². The minimum Gasteiger partial charge on any atom is -0.341 e. The molecular formula is C15H15N3O2. The van der Waals surface area contributed by atoms with Crippen molar-refractivity contribution in [1.82, 2.24) is 10.3 Å². The lowest BCUT2D eigenvalue weighted by Gasteiger charge is -2.37. The number of hydrogen-bond acceptors (Lipinski definition) is 3. The Balaban J connectivity index is 2.05. The van der Waals surface area contributed by atoms with Crippen LogP contribution in [0.4, 0.5) is 5.69 Å². The van der Waals surface area contributed by atoms with Gasteiger partial charge in [-0.15, -0.1) is 0 Å². The standard InChI is InChI=1S/C15H15N3O2/c1-15(2)14(20)18(9-13(19)17-15)11-5-6-12-10(8-11)4-3-7-16-12/h3-8H,9H2,1-2H3,(H,17,19). The van der Waals surface area contributed by atoms with Gasteiger partial charge in [0.1, 0.15) is 12.1 Å². The lowest BCUT2D eigenvalue weighted by atomic mass is 9.99. The van der Waals surface area contributed by atoms with E-state index in [1.165, 1.54) is 4.90 Å². The molecule has 1 fully saturated rings. The van der Waals surface area contributed by atoms with Crippen LogP contribution in [0.15, 0.2) is 36.5 Å². The van der Waals surface area contributed by atoms with Crippen LogP contribution in [0.25, 0.3) is 10.9 Å². The van der Waals surface area contributed by atoms with E-state index in [0.717, 1.165) is 16.6 Å². The molecule has 0 radical (unpaired) electrons. The molecule has 3 rings (SSSR count). The Labute approximate surface area is 116 Å². The zero-order valence-electron chi connectivity index (χ0n) is 11.4. The van der Waals surface area contributed by atoms with Gasteiger partial charge in [0.15, 0.2) is 0 Å². The molecule has 2 aromatic rings. The molecule has 0 bridgehead atoms. The minimum atomic E-state index is -0.876. The summed E-state index contributed by atoms with van der Waals surface area (Å²) >= 11 is 0. The Hall–Kier alpha value is -2.43. The Kier molecular flexibility index (Phi) is 2.71. The SMILES string of the molecule is CC1(C)NC(=O)CN(c2ccc3ncccc3c2)C1=O. The molecule has 1 aliphatic heterocycles. The lowest BCUT2D eigenvalue weighted by Crippen LogP contribution is -2.64. The second-order valence-electron chi connectivity index (χ2n) is 5.44. The highest BCUT2D eigenvalue weighted by Gasteiger charge is 2.39. The maximum Gasteiger partial charge on any atom is 0.252 e. The van der Waals surface area contributed by atoms with Crippen LogP contribution < -0.4 is 10.2 Å². The molecule has 5 heteroatoms. The Morgan fingerprint density at radius 3 is 2.85 bits per heavy atom. The van der Waals surface area contributed by atoms with Crippen LogP contribution in [0, 0.1) is 0 Å². The molecule has 1 aromatic heterocycles. The number of fused-ring (bicyclic) bond motifs is 1. The van der Waals surface area contributed by atoms with E-state index in [-0.39, 0.29) is 18.4 Å². The van der Waals surface area contributed by atoms with E-state index in [9.17, 15) is 9.59 Å². The number of benzene rings is 1. The van der Waals surface area contributed by atoms with Gasteiger partial charge >= 0.3 is 0 Å². The first-order chi connectivity index (χ1) is 9.47. The van der Waals surface area contributed by atoms with Crippen LogP contribution >= 0.6 is 0 Å². The van der Waals surface area contributed by atoms with Gasteiger partial charge in [-0.2, -0.15) is 0 Å². The highest BCUT2D eigenvalue weighted by molar-refractivity contribution is 6.09. The van der Waals surface area contributed by atoms with E-state index >= 15 is 0 Å². The molecule has 1 saturated heterocycles. The van der Waals surface area contributed by atoms with Gasteiger partial charge in [-0.3, -0.25) is 14.6 Å². The molecule has 0 spiro atoms. The average molecular weight is 269 g/mol. The number of rotatable bonds is 1. The summed E-state index contributed by atoms with van der Waals surface area (Å²) in [6.45, 7) is 3.47. The monoisotopic (exact) mass is 269 g/mol.